The van der Waals surface area contributed by atoms with Gasteiger partial charge in [-0.15, -0.1) is 0 Å². The van der Waals surface area contributed by atoms with Gasteiger partial charge >= 0.3 is 6.09 Å². The molecule has 2 rings (SSSR count). The molecule has 1 unspecified atom stereocenters. The molecule has 0 aromatic heterocycles. The van der Waals surface area contributed by atoms with Gasteiger partial charge in [-0.1, -0.05) is 36.4 Å². The Kier molecular flexibility index (Phi) is 7.47. The average Bonchev–Trinajstić information content (AvgIpc) is 2.65. The molecule has 2 aromatic rings. The fourth-order valence-electron chi connectivity index (χ4n) is 3.20. The van der Waals surface area contributed by atoms with Crippen molar-refractivity contribution in [2.75, 3.05) is 7.05 Å². The molecule has 7 heteroatoms. The molecular formula is C22H28N2O5. The number of hydrogen-bond donors (Lipinski definition) is 3. The minimum absolute atomic E-state index is 0.00161. The second-order valence-corrected chi connectivity index (χ2v) is 7.48. The minimum atomic E-state index is -0.899. The molecule has 4 N–H and O–H groups in total. The van der Waals surface area contributed by atoms with Gasteiger partial charge in [0.25, 0.3) is 0 Å². The van der Waals surface area contributed by atoms with Gasteiger partial charge in [0.15, 0.2) is 11.5 Å². The Labute approximate surface area is 170 Å². The lowest BCUT2D eigenvalue weighted by Crippen LogP contribution is -2.38. The molecule has 2 aromatic carbocycles. The highest BCUT2D eigenvalue weighted by Crippen LogP contribution is 2.30. The molecule has 1 atom stereocenters. The molecule has 0 aliphatic heterocycles. The fraction of sp³-hybridized carbons (Fsp3) is 0.364. The molecule has 0 aliphatic rings. The first-order chi connectivity index (χ1) is 13.7. The molecule has 0 heterocycles. The topological polar surface area (TPSA) is 111 Å². The molecular weight excluding hydrogens is 372 g/mol. The average molecular weight is 400 g/mol. The number of hydrogen-bond acceptors (Lipinski definition) is 5. The smallest absolute Gasteiger partial charge is 0.405 e. The largest absolute Gasteiger partial charge is 0.504 e. The third-order valence-electron chi connectivity index (χ3n) is 4.47. The van der Waals surface area contributed by atoms with Crippen molar-refractivity contribution in [1.82, 2.24) is 5.32 Å². The monoisotopic (exact) mass is 400 g/mol. The molecule has 0 fully saturated rings. The molecule has 2 amide bonds. The zero-order chi connectivity index (χ0) is 21.4. The molecule has 0 aliphatic carbocycles. The van der Waals surface area contributed by atoms with Gasteiger partial charge in [-0.2, -0.15) is 0 Å². The SMILES string of the molecule is CNC(=O)C(Cc1ccc(OCc2ccccc2)c(O)c1)CC(C)(C)OC(N)=O. The van der Waals surface area contributed by atoms with Crippen LogP contribution in [0.15, 0.2) is 48.5 Å². The van der Waals surface area contributed by atoms with E-state index in [1.807, 2.05) is 30.3 Å². The summed E-state index contributed by atoms with van der Waals surface area (Å²) < 4.78 is 10.8. The predicted octanol–water partition coefficient (Wildman–Crippen LogP) is 3.14. The zero-order valence-corrected chi connectivity index (χ0v) is 17.0. The van der Waals surface area contributed by atoms with E-state index in [1.54, 1.807) is 39.1 Å². The lowest BCUT2D eigenvalue weighted by molar-refractivity contribution is -0.126. The van der Waals surface area contributed by atoms with Crippen LogP contribution in [0.5, 0.6) is 11.5 Å². The van der Waals surface area contributed by atoms with Crippen molar-refractivity contribution < 1.29 is 24.2 Å². The molecule has 0 saturated carbocycles. The second kappa shape index (κ2) is 9.82. The number of nitrogens with one attached hydrogen (secondary N) is 1. The van der Waals surface area contributed by atoms with Crippen LogP contribution in [-0.2, 0) is 22.6 Å². The van der Waals surface area contributed by atoms with E-state index in [0.717, 1.165) is 11.1 Å². The number of rotatable bonds is 9. The number of phenols is 1. The molecule has 29 heavy (non-hydrogen) atoms. The van der Waals surface area contributed by atoms with Crippen LogP contribution in [0.25, 0.3) is 0 Å². The van der Waals surface area contributed by atoms with Crippen molar-refractivity contribution in [1.29, 1.82) is 0 Å². The second-order valence-electron chi connectivity index (χ2n) is 7.48. The van der Waals surface area contributed by atoms with Crippen molar-refractivity contribution in [3.63, 3.8) is 0 Å². The third kappa shape index (κ3) is 7.03. The summed E-state index contributed by atoms with van der Waals surface area (Å²) in [6, 6.07) is 14.7. The number of ether oxygens (including phenoxy) is 2. The van der Waals surface area contributed by atoms with Crippen molar-refractivity contribution >= 4 is 12.0 Å². The van der Waals surface area contributed by atoms with E-state index in [0.29, 0.717) is 18.8 Å². The van der Waals surface area contributed by atoms with Crippen LogP contribution in [0.4, 0.5) is 4.79 Å². The predicted molar refractivity (Wildman–Crippen MR) is 110 cm³/mol. The third-order valence-corrected chi connectivity index (χ3v) is 4.47. The van der Waals surface area contributed by atoms with Gasteiger partial charge in [-0.3, -0.25) is 4.79 Å². The number of carbonyl (C=O) groups is 2. The first kappa shape index (κ1) is 22.1. The highest BCUT2D eigenvalue weighted by Gasteiger charge is 2.30. The Morgan fingerprint density at radius 2 is 1.83 bits per heavy atom. The highest BCUT2D eigenvalue weighted by atomic mass is 16.6. The first-order valence-electron chi connectivity index (χ1n) is 9.39. The number of aromatic hydroxyl groups is 1. The minimum Gasteiger partial charge on any atom is -0.504 e. The number of nitrogens with two attached hydrogens (primary N) is 1. The Morgan fingerprint density at radius 3 is 2.41 bits per heavy atom. The standard InChI is InChI=1S/C22H28N2O5/c1-22(2,29-21(23)27)13-17(20(26)24-3)11-16-9-10-19(18(25)12-16)28-14-15-7-5-4-6-8-15/h4-10,12,17,25H,11,13-14H2,1-3H3,(H2,23,27)(H,24,26). The number of phenolic OH excluding ortho intramolecular Hbond substituents is 1. The lowest BCUT2D eigenvalue weighted by Gasteiger charge is -2.28. The number of benzene rings is 2. The van der Waals surface area contributed by atoms with E-state index in [9.17, 15) is 14.7 Å². The van der Waals surface area contributed by atoms with Gasteiger partial charge in [0, 0.05) is 13.0 Å². The molecule has 0 spiro atoms. The van der Waals surface area contributed by atoms with Gasteiger partial charge in [-0.05, 0) is 49.9 Å². The zero-order valence-electron chi connectivity index (χ0n) is 17.0. The molecule has 7 nitrogen and oxygen atoms in total. The summed E-state index contributed by atoms with van der Waals surface area (Å²) in [6.07, 6.45) is -0.247. The normalized spacial score (nSPS) is 12.1. The fourth-order valence-corrected chi connectivity index (χ4v) is 3.20. The summed E-state index contributed by atoms with van der Waals surface area (Å²) in [5.41, 5.74) is 5.97. The van der Waals surface area contributed by atoms with Gasteiger partial charge in [0.05, 0.1) is 0 Å². The highest BCUT2D eigenvalue weighted by molar-refractivity contribution is 5.78. The number of primary amides is 1. The van der Waals surface area contributed by atoms with E-state index in [2.05, 4.69) is 5.32 Å². The maximum Gasteiger partial charge on any atom is 0.405 e. The van der Waals surface area contributed by atoms with E-state index >= 15 is 0 Å². The maximum atomic E-state index is 12.3. The van der Waals surface area contributed by atoms with Crippen LogP contribution in [0.3, 0.4) is 0 Å². The van der Waals surface area contributed by atoms with E-state index in [1.165, 1.54) is 0 Å². The van der Waals surface area contributed by atoms with Crippen LogP contribution >= 0.6 is 0 Å². The van der Waals surface area contributed by atoms with Crippen LogP contribution in [0.2, 0.25) is 0 Å². The van der Waals surface area contributed by atoms with Gasteiger partial charge in [0.1, 0.15) is 12.2 Å². The molecule has 0 bridgehead atoms. The van der Waals surface area contributed by atoms with Gasteiger partial charge in [0.2, 0.25) is 5.91 Å². The summed E-state index contributed by atoms with van der Waals surface area (Å²) in [7, 11) is 1.55. The van der Waals surface area contributed by atoms with Crippen molar-refractivity contribution in [3.8, 4) is 11.5 Å². The Hall–Kier alpha value is -3.22. The van der Waals surface area contributed by atoms with Crippen LogP contribution in [0.1, 0.15) is 31.4 Å². The van der Waals surface area contributed by atoms with E-state index in [4.69, 9.17) is 15.2 Å². The van der Waals surface area contributed by atoms with Crippen molar-refractivity contribution in [2.24, 2.45) is 11.7 Å². The summed E-state index contributed by atoms with van der Waals surface area (Å²) in [5, 5.41) is 12.9. The summed E-state index contributed by atoms with van der Waals surface area (Å²) in [4.78, 5) is 23.4. The van der Waals surface area contributed by atoms with Crippen LogP contribution in [0, 0.1) is 5.92 Å². The van der Waals surface area contributed by atoms with Crippen molar-refractivity contribution in [2.45, 2.75) is 38.9 Å². The Balaban J connectivity index is 2.08. The van der Waals surface area contributed by atoms with E-state index in [-0.39, 0.29) is 18.1 Å². The first-order valence-corrected chi connectivity index (χ1v) is 9.39. The molecule has 156 valence electrons. The number of carbonyl (C=O) groups excluding carboxylic acids is 2. The Morgan fingerprint density at radius 1 is 1.14 bits per heavy atom. The van der Waals surface area contributed by atoms with Crippen LogP contribution in [-0.4, -0.2) is 29.8 Å². The summed E-state index contributed by atoms with van der Waals surface area (Å²) in [5.74, 6) is -0.284. The van der Waals surface area contributed by atoms with Gasteiger partial charge < -0.3 is 25.6 Å². The molecule has 0 radical (unpaired) electrons. The Bertz CT molecular complexity index is 836. The lowest BCUT2D eigenvalue weighted by atomic mass is 9.87. The van der Waals surface area contributed by atoms with Crippen LogP contribution < -0.4 is 15.8 Å². The summed E-state index contributed by atoms with van der Waals surface area (Å²) >= 11 is 0. The quantitative estimate of drug-likeness (QED) is 0.599. The maximum absolute atomic E-state index is 12.3. The van der Waals surface area contributed by atoms with E-state index < -0.39 is 17.6 Å². The number of amides is 2. The van der Waals surface area contributed by atoms with Gasteiger partial charge in [-0.25, -0.2) is 4.79 Å². The van der Waals surface area contributed by atoms with Crippen molar-refractivity contribution in [3.05, 3.63) is 59.7 Å². The summed E-state index contributed by atoms with van der Waals surface area (Å²) in [6.45, 7) is 3.74. The molecule has 0 saturated heterocycles.